The van der Waals surface area contributed by atoms with Gasteiger partial charge in [0.05, 0.1) is 12.8 Å². The molecule has 0 radical (unpaired) electrons. The van der Waals surface area contributed by atoms with Crippen LogP contribution in [0.5, 0.6) is 0 Å². The Balaban J connectivity index is 1.53. The monoisotopic (exact) mass is 411 g/mol. The van der Waals surface area contributed by atoms with E-state index in [2.05, 4.69) is 60.3 Å². The molecule has 1 N–H and O–H groups in total. The number of furan rings is 1. The highest BCUT2D eigenvalue weighted by Gasteiger charge is 2.25. The molecule has 1 saturated heterocycles. The second kappa shape index (κ2) is 10.8. The van der Waals surface area contributed by atoms with E-state index < -0.39 is 0 Å². The SMILES string of the molecule is CCNC(=NCC(C)N(C)Cc1ccccc1)N1CCN(C(=O)c2ccco2)CC1. The lowest BCUT2D eigenvalue weighted by atomic mass is 10.2. The van der Waals surface area contributed by atoms with Crippen LogP contribution >= 0.6 is 0 Å². The summed E-state index contributed by atoms with van der Waals surface area (Å²) in [6, 6.07) is 14.3. The number of nitrogens with zero attached hydrogens (tertiary/aromatic N) is 4. The number of hydrogen-bond acceptors (Lipinski definition) is 4. The van der Waals surface area contributed by atoms with E-state index in [-0.39, 0.29) is 5.91 Å². The number of benzene rings is 1. The van der Waals surface area contributed by atoms with Crippen molar-refractivity contribution in [3.05, 3.63) is 60.1 Å². The molecule has 0 aliphatic carbocycles. The Labute approximate surface area is 179 Å². The average Bonchev–Trinajstić information content (AvgIpc) is 3.31. The quantitative estimate of drug-likeness (QED) is 0.560. The summed E-state index contributed by atoms with van der Waals surface area (Å²) in [4.78, 5) is 23.8. The van der Waals surface area contributed by atoms with E-state index in [1.54, 1.807) is 12.1 Å². The summed E-state index contributed by atoms with van der Waals surface area (Å²) in [6.45, 7) is 9.56. The van der Waals surface area contributed by atoms with E-state index in [0.29, 0.717) is 24.9 Å². The van der Waals surface area contributed by atoms with Gasteiger partial charge in [0.25, 0.3) is 5.91 Å². The maximum absolute atomic E-state index is 12.5. The first-order valence-electron chi connectivity index (χ1n) is 10.7. The van der Waals surface area contributed by atoms with Crippen LogP contribution in [0.3, 0.4) is 0 Å². The minimum atomic E-state index is -0.0438. The van der Waals surface area contributed by atoms with E-state index in [1.165, 1.54) is 11.8 Å². The largest absolute Gasteiger partial charge is 0.459 e. The van der Waals surface area contributed by atoms with Gasteiger partial charge in [0.15, 0.2) is 11.7 Å². The van der Waals surface area contributed by atoms with E-state index in [1.807, 2.05) is 11.0 Å². The molecule has 7 heteroatoms. The summed E-state index contributed by atoms with van der Waals surface area (Å²) in [5, 5.41) is 3.40. The first-order chi connectivity index (χ1) is 14.6. The van der Waals surface area contributed by atoms with Gasteiger partial charge in [-0.25, -0.2) is 0 Å². The van der Waals surface area contributed by atoms with E-state index in [9.17, 15) is 4.79 Å². The van der Waals surface area contributed by atoms with Crippen molar-refractivity contribution in [3.8, 4) is 0 Å². The molecule has 1 fully saturated rings. The third kappa shape index (κ3) is 5.86. The summed E-state index contributed by atoms with van der Waals surface area (Å²) in [5.74, 6) is 1.28. The lowest BCUT2D eigenvalue weighted by molar-refractivity contribution is 0.0657. The molecule has 7 nitrogen and oxygen atoms in total. The molecule has 1 unspecified atom stereocenters. The van der Waals surface area contributed by atoms with Gasteiger partial charge in [-0.2, -0.15) is 0 Å². The molecule has 1 aromatic carbocycles. The van der Waals surface area contributed by atoms with Crippen LogP contribution in [0, 0.1) is 0 Å². The molecule has 1 aliphatic rings. The van der Waals surface area contributed by atoms with Crippen LogP contribution < -0.4 is 5.32 Å². The van der Waals surface area contributed by atoms with Crippen molar-refractivity contribution in [1.29, 1.82) is 0 Å². The van der Waals surface area contributed by atoms with Crippen molar-refractivity contribution in [2.75, 3.05) is 46.3 Å². The third-order valence-electron chi connectivity index (χ3n) is 5.47. The smallest absolute Gasteiger partial charge is 0.289 e. The number of hydrogen-bond donors (Lipinski definition) is 1. The van der Waals surface area contributed by atoms with Crippen LogP contribution in [0.2, 0.25) is 0 Å². The van der Waals surface area contributed by atoms with Crippen molar-refractivity contribution in [2.45, 2.75) is 26.4 Å². The van der Waals surface area contributed by atoms with Crippen molar-refractivity contribution in [3.63, 3.8) is 0 Å². The molecule has 0 spiro atoms. The van der Waals surface area contributed by atoms with Crippen molar-refractivity contribution >= 4 is 11.9 Å². The van der Waals surface area contributed by atoms with Gasteiger partial charge in [0, 0.05) is 45.3 Å². The number of rotatable bonds is 7. The molecule has 1 amide bonds. The Morgan fingerprint density at radius 1 is 1.13 bits per heavy atom. The number of likely N-dealkylation sites (N-methyl/N-ethyl adjacent to an activating group) is 1. The number of carbonyl (C=O) groups excluding carboxylic acids is 1. The molecule has 2 heterocycles. The van der Waals surface area contributed by atoms with Crippen LogP contribution in [0.15, 0.2) is 58.1 Å². The van der Waals surface area contributed by atoms with Crippen molar-refractivity contribution in [2.24, 2.45) is 4.99 Å². The Morgan fingerprint density at radius 3 is 2.47 bits per heavy atom. The first-order valence-corrected chi connectivity index (χ1v) is 10.7. The van der Waals surface area contributed by atoms with Gasteiger partial charge in [-0.3, -0.25) is 14.7 Å². The van der Waals surface area contributed by atoms with Crippen molar-refractivity contribution < 1.29 is 9.21 Å². The standard InChI is InChI=1S/C23H33N5O2/c1-4-24-23(25-17-19(2)26(3)18-20-9-6-5-7-10-20)28-14-12-27(13-15-28)22(29)21-11-8-16-30-21/h5-11,16,19H,4,12-15,17-18H2,1-3H3,(H,24,25). The van der Waals surface area contributed by atoms with Crippen LogP contribution in [0.1, 0.15) is 30.0 Å². The first kappa shape index (κ1) is 21.9. The fraction of sp³-hybridized carbons (Fsp3) is 0.478. The maximum Gasteiger partial charge on any atom is 0.289 e. The van der Waals surface area contributed by atoms with E-state index >= 15 is 0 Å². The van der Waals surface area contributed by atoms with Crippen LogP contribution in [0.4, 0.5) is 0 Å². The van der Waals surface area contributed by atoms with Crippen molar-refractivity contribution in [1.82, 2.24) is 20.0 Å². The number of aliphatic imine (C=N–C) groups is 1. The molecule has 162 valence electrons. The zero-order valence-corrected chi connectivity index (χ0v) is 18.3. The summed E-state index contributed by atoms with van der Waals surface area (Å²) in [7, 11) is 2.14. The predicted octanol–water partition coefficient (Wildman–Crippen LogP) is 2.52. The maximum atomic E-state index is 12.5. The molecule has 3 rings (SSSR count). The van der Waals surface area contributed by atoms with Crippen LogP contribution in [0.25, 0.3) is 0 Å². The second-order valence-electron chi connectivity index (χ2n) is 7.70. The molecule has 2 aromatic rings. The molecule has 1 aromatic heterocycles. The fourth-order valence-corrected chi connectivity index (χ4v) is 3.49. The lowest BCUT2D eigenvalue weighted by Gasteiger charge is -2.36. The van der Waals surface area contributed by atoms with Gasteiger partial charge in [-0.15, -0.1) is 0 Å². The highest BCUT2D eigenvalue weighted by molar-refractivity contribution is 5.91. The Kier molecular flexibility index (Phi) is 7.90. The summed E-state index contributed by atoms with van der Waals surface area (Å²) in [6.07, 6.45) is 1.54. The zero-order chi connectivity index (χ0) is 21.3. The molecule has 1 aliphatic heterocycles. The zero-order valence-electron chi connectivity index (χ0n) is 18.3. The van der Waals surface area contributed by atoms with Crippen LogP contribution in [-0.2, 0) is 6.54 Å². The molecule has 30 heavy (non-hydrogen) atoms. The Morgan fingerprint density at radius 2 is 1.83 bits per heavy atom. The van der Waals surface area contributed by atoms with Crippen LogP contribution in [-0.4, -0.2) is 78.9 Å². The van der Waals surface area contributed by atoms with E-state index in [4.69, 9.17) is 9.41 Å². The Hall–Kier alpha value is -2.80. The fourth-order valence-electron chi connectivity index (χ4n) is 3.49. The normalized spacial score (nSPS) is 16.1. The van der Waals surface area contributed by atoms with Gasteiger partial charge in [-0.1, -0.05) is 30.3 Å². The summed E-state index contributed by atoms with van der Waals surface area (Å²) >= 11 is 0. The Bertz CT molecular complexity index is 798. The molecular formula is C23H33N5O2. The predicted molar refractivity (Wildman–Crippen MR) is 120 cm³/mol. The minimum absolute atomic E-state index is 0.0438. The molecule has 1 atom stereocenters. The minimum Gasteiger partial charge on any atom is -0.459 e. The summed E-state index contributed by atoms with van der Waals surface area (Å²) < 4.78 is 5.25. The van der Waals surface area contributed by atoms with Gasteiger partial charge in [0.2, 0.25) is 0 Å². The topological polar surface area (TPSA) is 64.3 Å². The number of nitrogens with one attached hydrogen (secondary N) is 1. The van der Waals surface area contributed by atoms with Gasteiger partial charge in [-0.05, 0) is 38.6 Å². The number of piperazine rings is 1. The van der Waals surface area contributed by atoms with Gasteiger partial charge >= 0.3 is 0 Å². The number of carbonyl (C=O) groups is 1. The highest BCUT2D eigenvalue weighted by Crippen LogP contribution is 2.10. The summed E-state index contributed by atoms with van der Waals surface area (Å²) in [5.41, 5.74) is 1.31. The molecular weight excluding hydrogens is 378 g/mol. The lowest BCUT2D eigenvalue weighted by Crippen LogP contribution is -2.54. The highest BCUT2D eigenvalue weighted by atomic mass is 16.3. The average molecular weight is 412 g/mol. The number of amides is 1. The molecule has 0 saturated carbocycles. The second-order valence-corrected chi connectivity index (χ2v) is 7.70. The molecule has 0 bridgehead atoms. The van der Waals surface area contributed by atoms with E-state index in [0.717, 1.165) is 38.7 Å². The van der Waals surface area contributed by atoms with Gasteiger partial charge in [0.1, 0.15) is 0 Å². The number of guanidine groups is 1. The third-order valence-corrected chi connectivity index (χ3v) is 5.47. The van der Waals surface area contributed by atoms with Gasteiger partial charge < -0.3 is 19.5 Å².